The summed E-state index contributed by atoms with van der Waals surface area (Å²) in [5.41, 5.74) is 2.65. The van der Waals surface area contributed by atoms with E-state index in [-0.39, 0.29) is 0 Å². The number of nitrogens with one attached hydrogen (secondary N) is 1. The van der Waals surface area contributed by atoms with Crippen molar-refractivity contribution in [1.82, 2.24) is 10.2 Å². The molecular weight excluding hydrogens is 314 g/mol. The van der Waals surface area contributed by atoms with E-state index >= 15 is 0 Å². The summed E-state index contributed by atoms with van der Waals surface area (Å²) < 4.78 is 0. The molecule has 3 nitrogen and oxygen atoms in total. The molecule has 1 aromatic heterocycles. The fraction of sp³-hybridized carbons (Fsp3) is 0.500. The molecule has 0 radical (unpaired) electrons. The molecule has 0 saturated carbocycles. The number of piperidine rings is 1. The summed E-state index contributed by atoms with van der Waals surface area (Å²) in [6.07, 6.45) is 3.72. The van der Waals surface area contributed by atoms with Crippen LogP contribution in [0.25, 0.3) is 0 Å². The molecule has 130 valence electrons. The average Bonchev–Trinajstić information content (AvgIpc) is 3.13. The first-order chi connectivity index (χ1) is 11.7. The molecule has 0 spiro atoms. The van der Waals surface area contributed by atoms with Crippen molar-refractivity contribution >= 4 is 17.0 Å². The third-order valence-electron chi connectivity index (χ3n) is 4.86. The van der Waals surface area contributed by atoms with Crippen LogP contribution in [0.1, 0.15) is 23.3 Å². The Morgan fingerprint density at radius 1 is 1.17 bits per heavy atom. The maximum absolute atomic E-state index is 3.75. The van der Waals surface area contributed by atoms with Gasteiger partial charge in [-0.15, -0.1) is 11.3 Å². The highest BCUT2D eigenvalue weighted by molar-refractivity contribution is 7.09. The van der Waals surface area contributed by atoms with E-state index in [1.807, 2.05) is 11.3 Å². The molecule has 1 aliphatic rings. The second-order valence-electron chi connectivity index (χ2n) is 6.89. The number of anilines is 1. The molecule has 0 bridgehead atoms. The van der Waals surface area contributed by atoms with Gasteiger partial charge in [-0.2, -0.15) is 0 Å². The van der Waals surface area contributed by atoms with Gasteiger partial charge in [0.2, 0.25) is 0 Å². The molecule has 1 saturated heterocycles. The van der Waals surface area contributed by atoms with E-state index in [1.54, 1.807) is 0 Å². The highest BCUT2D eigenvalue weighted by Gasteiger charge is 2.18. The van der Waals surface area contributed by atoms with Crippen molar-refractivity contribution in [2.24, 2.45) is 0 Å². The molecule has 0 unspecified atom stereocenters. The Morgan fingerprint density at radius 3 is 2.71 bits per heavy atom. The first kappa shape index (κ1) is 17.5. The van der Waals surface area contributed by atoms with E-state index in [4.69, 9.17) is 0 Å². The Kier molecular flexibility index (Phi) is 6.30. The zero-order valence-electron chi connectivity index (χ0n) is 14.9. The van der Waals surface area contributed by atoms with Crippen LogP contribution in [0.15, 0.2) is 41.8 Å². The van der Waals surface area contributed by atoms with E-state index in [0.29, 0.717) is 6.04 Å². The molecule has 1 aliphatic heterocycles. The second kappa shape index (κ2) is 8.65. The van der Waals surface area contributed by atoms with Crippen molar-refractivity contribution in [1.29, 1.82) is 0 Å². The lowest BCUT2D eigenvalue weighted by Crippen LogP contribution is -2.42. The number of nitrogens with zero attached hydrogens (tertiary/aromatic N) is 2. The number of rotatable bonds is 7. The predicted molar refractivity (Wildman–Crippen MR) is 105 cm³/mol. The lowest BCUT2D eigenvalue weighted by molar-refractivity contribution is 0.199. The molecular formula is C20H29N3S. The summed E-state index contributed by atoms with van der Waals surface area (Å²) in [5, 5.41) is 5.93. The van der Waals surface area contributed by atoms with E-state index < -0.39 is 0 Å². The third-order valence-corrected chi connectivity index (χ3v) is 5.80. The van der Waals surface area contributed by atoms with Gasteiger partial charge < -0.3 is 15.1 Å². The summed E-state index contributed by atoms with van der Waals surface area (Å²) in [5.74, 6) is 0. The zero-order valence-corrected chi connectivity index (χ0v) is 15.7. The van der Waals surface area contributed by atoms with Gasteiger partial charge in [0.05, 0.1) is 0 Å². The molecule has 2 aromatic rings. The molecule has 1 N–H and O–H groups in total. The Bertz CT molecular complexity index is 601. The van der Waals surface area contributed by atoms with E-state index in [1.165, 1.54) is 55.0 Å². The molecule has 0 atom stereocenters. The van der Waals surface area contributed by atoms with E-state index in [2.05, 4.69) is 71.0 Å². The van der Waals surface area contributed by atoms with Crippen LogP contribution in [0, 0.1) is 0 Å². The van der Waals surface area contributed by atoms with Crippen molar-refractivity contribution < 1.29 is 0 Å². The standard InChI is InChI=1S/C20H29N3S/c1-22(2)19-6-3-5-17(15-19)16-21-18-8-11-23(12-9-18)13-10-20-7-4-14-24-20/h3-7,14-15,18,21H,8-13,16H2,1-2H3. The van der Waals surface area contributed by atoms with E-state index in [0.717, 1.165) is 6.54 Å². The van der Waals surface area contributed by atoms with Crippen LogP contribution in [0.2, 0.25) is 0 Å². The van der Waals surface area contributed by atoms with Crippen LogP contribution in [0.3, 0.4) is 0 Å². The minimum atomic E-state index is 0.658. The molecule has 24 heavy (non-hydrogen) atoms. The third kappa shape index (κ3) is 5.07. The maximum Gasteiger partial charge on any atom is 0.0364 e. The minimum Gasteiger partial charge on any atom is -0.378 e. The Hall–Kier alpha value is -1.36. The van der Waals surface area contributed by atoms with Gasteiger partial charge in [-0.3, -0.25) is 0 Å². The SMILES string of the molecule is CN(C)c1cccc(CNC2CCN(CCc3cccs3)CC2)c1. The first-order valence-corrected chi connectivity index (χ1v) is 9.83. The van der Waals surface area contributed by atoms with Gasteiger partial charge >= 0.3 is 0 Å². The van der Waals surface area contributed by atoms with Crippen molar-refractivity contribution in [3.63, 3.8) is 0 Å². The maximum atomic E-state index is 3.75. The lowest BCUT2D eigenvalue weighted by Gasteiger charge is -2.32. The molecule has 1 aromatic carbocycles. The number of likely N-dealkylation sites (tertiary alicyclic amines) is 1. The lowest BCUT2D eigenvalue weighted by atomic mass is 10.0. The van der Waals surface area contributed by atoms with Crippen molar-refractivity contribution in [2.75, 3.05) is 38.6 Å². The van der Waals surface area contributed by atoms with Gasteiger partial charge in [-0.05, 0) is 61.5 Å². The predicted octanol–water partition coefficient (Wildman–Crippen LogP) is 3.61. The smallest absolute Gasteiger partial charge is 0.0364 e. The Labute approximate surface area is 150 Å². The van der Waals surface area contributed by atoms with Crippen LogP contribution in [0.5, 0.6) is 0 Å². The summed E-state index contributed by atoms with van der Waals surface area (Å²) in [4.78, 5) is 6.29. The van der Waals surface area contributed by atoms with Crippen LogP contribution in [-0.2, 0) is 13.0 Å². The largest absolute Gasteiger partial charge is 0.378 e. The monoisotopic (exact) mass is 343 g/mol. The molecule has 0 aliphatic carbocycles. The van der Waals surface area contributed by atoms with Gasteiger partial charge in [0.1, 0.15) is 0 Å². The van der Waals surface area contributed by atoms with Gasteiger partial charge in [0, 0.05) is 43.8 Å². The molecule has 0 amide bonds. The van der Waals surface area contributed by atoms with Crippen molar-refractivity contribution in [3.05, 3.63) is 52.2 Å². The Morgan fingerprint density at radius 2 is 2.00 bits per heavy atom. The van der Waals surface area contributed by atoms with E-state index in [9.17, 15) is 0 Å². The fourth-order valence-electron chi connectivity index (χ4n) is 3.29. The van der Waals surface area contributed by atoms with Crippen LogP contribution < -0.4 is 10.2 Å². The average molecular weight is 344 g/mol. The zero-order chi connectivity index (χ0) is 16.8. The summed E-state index contributed by atoms with van der Waals surface area (Å²) >= 11 is 1.88. The number of hydrogen-bond acceptors (Lipinski definition) is 4. The summed E-state index contributed by atoms with van der Waals surface area (Å²) in [6.45, 7) is 4.63. The molecule has 3 rings (SSSR count). The molecule has 4 heteroatoms. The van der Waals surface area contributed by atoms with Gasteiger partial charge in [0.15, 0.2) is 0 Å². The highest BCUT2D eigenvalue weighted by atomic mass is 32.1. The summed E-state index contributed by atoms with van der Waals surface area (Å²) in [7, 11) is 4.19. The highest BCUT2D eigenvalue weighted by Crippen LogP contribution is 2.16. The fourth-order valence-corrected chi connectivity index (χ4v) is 3.99. The van der Waals surface area contributed by atoms with Crippen LogP contribution in [0.4, 0.5) is 5.69 Å². The minimum absolute atomic E-state index is 0.658. The van der Waals surface area contributed by atoms with Gasteiger partial charge in [-0.1, -0.05) is 18.2 Å². The molecule has 1 fully saturated rings. The van der Waals surface area contributed by atoms with Gasteiger partial charge in [0.25, 0.3) is 0 Å². The Balaban J connectivity index is 1.38. The van der Waals surface area contributed by atoms with Crippen molar-refractivity contribution in [3.8, 4) is 0 Å². The topological polar surface area (TPSA) is 18.5 Å². The first-order valence-electron chi connectivity index (χ1n) is 8.95. The number of benzene rings is 1. The van der Waals surface area contributed by atoms with Crippen LogP contribution in [-0.4, -0.2) is 44.7 Å². The van der Waals surface area contributed by atoms with Gasteiger partial charge in [-0.25, -0.2) is 0 Å². The summed E-state index contributed by atoms with van der Waals surface area (Å²) in [6, 6.07) is 13.9. The normalized spacial score (nSPS) is 16.4. The number of thiophene rings is 1. The molecule has 2 heterocycles. The van der Waals surface area contributed by atoms with Crippen LogP contribution >= 0.6 is 11.3 Å². The number of hydrogen-bond donors (Lipinski definition) is 1. The second-order valence-corrected chi connectivity index (χ2v) is 7.92. The van der Waals surface area contributed by atoms with Crippen molar-refractivity contribution in [2.45, 2.75) is 31.8 Å². The quantitative estimate of drug-likeness (QED) is 0.828.